The first-order chi connectivity index (χ1) is 16.5. The van der Waals surface area contributed by atoms with Crippen LogP contribution in [-0.4, -0.2) is 38.8 Å². The predicted octanol–water partition coefficient (Wildman–Crippen LogP) is 4.63. The highest BCUT2D eigenvalue weighted by atomic mass is 16.2. The van der Waals surface area contributed by atoms with E-state index in [4.69, 9.17) is 0 Å². The molecule has 34 heavy (non-hydrogen) atoms. The van der Waals surface area contributed by atoms with Gasteiger partial charge in [0.2, 0.25) is 5.91 Å². The highest BCUT2D eigenvalue weighted by Gasteiger charge is 2.54. The molecule has 2 heterocycles. The molecule has 4 saturated carbocycles. The molecule has 0 unspecified atom stereocenters. The van der Waals surface area contributed by atoms with Crippen molar-refractivity contribution in [2.75, 3.05) is 13.1 Å². The second-order valence-corrected chi connectivity index (χ2v) is 11.0. The summed E-state index contributed by atoms with van der Waals surface area (Å²) in [6.45, 7) is 5.74. The van der Waals surface area contributed by atoms with Crippen molar-refractivity contribution in [1.82, 2.24) is 14.0 Å². The van der Waals surface area contributed by atoms with Gasteiger partial charge in [0.1, 0.15) is 6.54 Å². The van der Waals surface area contributed by atoms with Crippen molar-refractivity contribution in [1.29, 1.82) is 0 Å². The third-order valence-corrected chi connectivity index (χ3v) is 8.86. The summed E-state index contributed by atoms with van der Waals surface area (Å²) in [6, 6.07) is 7.61. The zero-order chi connectivity index (χ0) is 23.9. The van der Waals surface area contributed by atoms with Crippen LogP contribution in [0.1, 0.15) is 71.6 Å². The Morgan fingerprint density at radius 3 is 1.85 bits per heavy atom. The number of Topliss-reactive ketones (excluding diaryl/α,β-unsaturated/α-hetero) is 1. The highest BCUT2D eigenvalue weighted by molar-refractivity contribution is 5.87. The number of hydrogen-bond donors (Lipinski definition) is 0. The minimum atomic E-state index is -0.227. The van der Waals surface area contributed by atoms with Crippen molar-refractivity contribution < 1.29 is 9.59 Å². The number of ketones is 1. The molecule has 4 bridgehead atoms. The first-order valence-corrected chi connectivity index (χ1v) is 13.5. The zero-order valence-corrected chi connectivity index (χ0v) is 20.8. The minimum Gasteiger partial charge on any atom is -0.341 e. The van der Waals surface area contributed by atoms with E-state index in [1.807, 2.05) is 43.0 Å². The van der Waals surface area contributed by atoms with Gasteiger partial charge in [-0.15, -0.1) is 0 Å². The number of benzene rings is 1. The van der Waals surface area contributed by atoms with Crippen LogP contribution in [0.3, 0.4) is 0 Å². The molecular formula is C28H39N3O3. The summed E-state index contributed by atoms with van der Waals surface area (Å²) >= 11 is 0. The summed E-state index contributed by atoms with van der Waals surface area (Å²) in [5.74, 6) is 2.34. The summed E-state index contributed by atoms with van der Waals surface area (Å²) in [6.07, 6.45) is 10.1. The second-order valence-electron chi connectivity index (χ2n) is 11.0. The van der Waals surface area contributed by atoms with E-state index in [-0.39, 0.29) is 35.9 Å². The maximum atomic E-state index is 13.7. The number of aromatic nitrogens is 2. The Hall–Kier alpha value is -2.37. The van der Waals surface area contributed by atoms with Crippen LogP contribution in [0.15, 0.2) is 29.1 Å². The Kier molecular flexibility index (Phi) is 6.43. The maximum absolute atomic E-state index is 13.7. The van der Waals surface area contributed by atoms with Gasteiger partial charge in [-0.1, -0.05) is 26.0 Å². The number of amides is 1. The van der Waals surface area contributed by atoms with Gasteiger partial charge in [-0.3, -0.25) is 18.7 Å². The highest BCUT2D eigenvalue weighted by Crippen LogP contribution is 2.60. The van der Waals surface area contributed by atoms with Crippen LogP contribution in [0.25, 0.3) is 11.0 Å². The number of fused-ring (bicyclic) bond motifs is 1. The summed E-state index contributed by atoms with van der Waals surface area (Å²) in [7, 11) is 0. The van der Waals surface area contributed by atoms with E-state index in [0.717, 1.165) is 62.6 Å². The van der Waals surface area contributed by atoms with Gasteiger partial charge in [0.05, 0.1) is 17.6 Å². The Labute approximate surface area is 202 Å². The van der Waals surface area contributed by atoms with E-state index in [1.54, 1.807) is 9.13 Å². The molecule has 0 radical (unpaired) electrons. The number of nitrogens with zero attached hydrogens (tertiary/aromatic N) is 3. The molecule has 7 rings (SSSR count). The normalized spacial score (nSPS) is 29.7. The van der Waals surface area contributed by atoms with Crippen LogP contribution in [0.4, 0.5) is 0 Å². The quantitative estimate of drug-likeness (QED) is 0.647. The zero-order valence-electron chi connectivity index (χ0n) is 20.8. The Balaban J connectivity index is 0.00000117. The Morgan fingerprint density at radius 2 is 1.32 bits per heavy atom. The average Bonchev–Trinajstić information content (AvgIpc) is 3.11. The molecule has 1 aliphatic heterocycles. The third kappa shape index (κ3) is 4.03. The molecule has 0 spiro atoms. The van der Waals surface area contributed by atoms with Gasteiger partial charge in [-0.05, 0) is 87.7 Å². The lowest BCUT2D eigenvalue weighted by molar-refractivity contribution is -0.144. The fraction of sp³-hybridized carbons (Fsp3) is 0.679. The topological polar surface area (TPSA) is 64.3 Å². The van der Waals surface area contributed by atoms with E-state index in [2.05, 4.69) is 0 Å². The molecule has 0 atom stereocenters. The number of imidazole rings is 1. The van der Waals surface area contributed by atoms with Crippen molar-refractivity contribution in [3.63, 3.8) is 0 Å². The summed E-state index contributed by atoms with van der Waals surface area (Å²) in [5, 5.41) is 0. The van der Waals surface area contributed by atoms with Gasteiger partial charge in [0, 0.05) is 18.5 Å². The predicted molar refractivity (Wildman–Crippen MR) is 134 cm³/mol. The van der Waals surface area contributed by atoms with Gasteiger partial charge < -0.3 is 4.90 Å². The largest absolute Gasteiger partial charge is 0.341 e. The van der Waals surface area contributed by atoms with Crippen LogP contribution in [0, 0.1) is 23.2 Å². The lowest BCUT2D eigenvalue weighted by Gasteiger charge is -2.56. The van der Waals surface area contributed by atoms with Crippen LogP contribution < -0.4 is 5.69 Å². The third-order valence-electron chi connectivity index (χ3n) is 8.86. The average molecular weight is 466 g/mol. The standard InChI is InChI=1S/C26H33N3O3.C2H6/c30-23(26-13-18-10-19(14-26)12-20(11-18)15-26)16-28-21-6-2-3-7-22(21)29(25(28)32)17-24(31)27-8-4-1-5-9-27;1-2/h2-3,6-7,18-20H,1,4-5,8-17H2;1-2H3. The number of piperidine rings is 1. The van der Waals surface area contributed by atoms with Gasteiger partial charge in [-0.2, -0.15) is 0 Å². The number of hydrogen-bond acceptors (Lipinski definition) is 3. The van der Waals surface area contributed by atoms with Gasteiger partial charge in [-0.25, -0.2) is 4.79 Å². The molecule has 1 aromatic heterocycles. The number of rotatable bonds is 5. The van der Waals surface area contributed by atoms with Gasteiger partial charge >= 0.3 is 5.69 Å². The van der Waals surface area contributed by atoms with Crippen molar-refractivity contribution in [2.24, 2.45) is 23.2 Å². The smallest absolute Gasteiger partial charge is 0.330 e. The van der Waals surface area contributed by atoms with Gasteiger partial charge in [0.25, 0.3) is 0 Å². The first-order valence-electron chi connectivity index (χ1n) is 13.5. The molecule has 5 fully saturated rings. The molecule has 6 nitrogen and oxygen atoms in total. The molecule has 1 saturated heterocycles. The lowest BCUT2D eigenvalue weighted by Crippen LogP contribution is -2.51. The Bertz CT molecular complexity index is 1090. The molecular weight excluding hydrogens is 426 g/mol. The van der Waals surface area contributed by atoms with Crippen LogP contribution in [0.5, 0.6) is 0 Å². The molecule has 1 amide bonds. The van der Waals surface area contributed by atoms with E-state index >= 15 is 0 Å². The van der Waals surface area contributed by atoms with Crippen LogP contribution in [-0.2, 0) is 22.7 Å². The van der Waals surface area contributed by atoms with Crippen molar-refractivity contribution >= 4 is 22.7 Å². The van der Waals surface area contributed by atoms with E-state index in [0.29, 0.717) is 17.8 Å². The minimum absolute atomic E-state index is 0.00196. The first kappa shape index (κ1) is 23.4. The van der Waals surface area contributed by atoms with Crippen molar-refractivity contribution in [3.05, 3.63) is 34.7 Å². The number of carbonyl (C=O) groups is 2. The Morgan fingerprint density at radius 1 is 0.824 bits per heavy atom. The lowest BCUT2D eigenvalue weighted by atomic mass is 9.48. The maximum Gasteiger partial charge on any atom is 0.330 e. The monoisotopic (exact) mass is 465 g/mol. The molecule has 6 heteroatoms. The summed E-state index contributed by atoms with van der Waals surface area (Å²) in [4.78, 5) is 42.0. The fourth-order valence-corrected chi connectivity index (χ4v) is 7.72. The van der Waals surface area contributed by atoms with Crippen molar-refractivity contribution in [2.45, 2.75) is 84.7 Å². The van der Waals surface area contributed by atoms with E-state index < -0.39 is 0 Å². The van der Waals surface area contributed by atoms with E-state index in [1.165, 1.54) is 19.3 Å². The van der Waals surface area contributed by atoms with Crippen LogP contribution >= 0.6 is 0 Å². The molecule has 4 aliphatic carbocycles. The van der Waals surface area contributed by atoms with Crippen LogP contribution in [0.2, 0.25) is 0 Å². The fourth-order valence-electron chi connectivity index (χ4n) is 7.72. The number of likely N-dealkylation sites (tertiary alicyclic amines) is 1. The number of carbonyl (C=O) groups excluding carboxylic acids is 2. The second kappa shape index (κ2) is 9.35. The molecule has 2 aromatic rings. The molecule has 0 N–H and O–H groups in total. The SMILES string of the molecule is CC.O=C(Cn1c(=O)n(CC(=O)C23CC4CC(CC(C4)C2)C3)c2ccccc21)N1CCCCC1. The van der Waals surface area contributed by atoms with Crippen molar-refractivity contribution in [3.8, 4) is 0 Å². The molecule has 184 valence electrons. The number of para-hydroxylation sites is 2. The molecule has 1 aromatic carbocycles. The van der Waals surface area contributed by atoms with Gasteiger partial charge in [0.15, 0.2) is 5.78 Å². The summed E-state index contributed by atoms with van der Waals surface area (Å²) < 4.78 is 3.22. The van der Waals surface area contributed by atoms with E-state index in [9.17, 15) is 14.4 Å². The molecule has 5 aliphatic rings. The summed E-state index contributed by atoms with van der Waals surface area (Å²) in [5.41, 5.74) is 1.07.